The number of carbonyl (C=O) groups is 1. The van der Waals surface area contributed by atoms with E-state index < -0.39 is 0 Å². The minimum atomic E-state index is -0.137. The van der Waals surface area contributed by atoms with Gasteiger partial charge >= 0.3 is 5.97 Å². The van der Waals surface area contributed by atoms with Crippen LogP contribution in [0.3, 0.4) is 0 Å². The van der Waals surface area contributed by atoms with Crippen LogP contribution in [-0.4, -0.2) is 56.0 Å². The first-order valence-electron chi connectivity index (χ1n) is 5.03. The normalized spacial score (nSPS) is 9.94. The van der Waals surface area contributed by atoms with Gasteiger partial charge in [-0.1, -0.05) is 0 Å². The number of likely N-dealkylation sites (N-methyl/N-ethyl adjacent to an activating group) is 1. The van der Waals surface area contributed by atoms with Crippen LogP contribution in [0.1, 0.15) is 13.3 Å². The number of isothiocyanates is 1. The molecule has 0 saturated heterocycles. The maximum Gasteiger partial charge on any atom is 0.311 e. The molecule has 0 fully saturated rings. The lowest BCUT2D eigenvalue weighted by molar-refractivity contribution is -0.888. The highest BCUT2D eigenvalue weighted by atomic mass is 79.9. The van der Waals surface area contributed by atoms with E-state index in [-0.39, 0.29) is 23.0 Å². The van der Waals surface area contributed by atoms with E-state index in [9.17, 15) is 4.79 Å². The standard InChI is InChI=1S/C10H19N2O2S.BrH/c1-4-14-10(13)5-7-12(2,3)8-6-11-9-15;/h4-8H2,1-3H3;1H/q+1;/p-1. The van der Waals surface area contributed by atoms with E-state index in [1.165, 1.54) is 0 Å². The van der Waals surface area contributed by atoms with Gasteiger partial charge in [0.2, 0.25) is 0 Å². The van der Waals surface area contributed by atoms with Crippen LogP contribution in [-0.2, 0) is 9.53 Å². The van der Waals surface area contributed by atoms with Gasteiger partial charge in [-0.3, -0.25) is 4.79 Å². The summed E-state index contributed by atoms with van der Waals surface area (Å²) in [6.07, 6.45) is 0.447. The Morgan fingerprint density at radius 3 is 2.56 bits per heavy atom. The number of carbonyl (C=O) groups excluding carboxylic acids is 1. The molecule has 0 amide bonds. The van der Waals surface area contributed by atoms with Crippen molar-refractivity contribution in [2.75, 3.05) is 40.3 Å². The third-order valence-electron chi connectivity index (χ3n) is 2.11. The third kappa shape index (κ3) is 10.2. The molecule has 0 unspecified atom stereocenters. The predicted molar refractivity (Wildman–Crippen MR) is 63.0 cm³/mol. The number of thiocarbonyl (C=S) groups is 1. The average molecular weight is 311 g/mol. The van der Waals surface area contributed by atoms with Crippen molar-refractivity contribution in [2.24, 2.45) is 4.99 Å². The molecule has 0 saturated carbocycles. The number of quaternary nitrogens is 1. The van der Waals surface area contributed by atoms with Crippen molar-refractivity contribution >= 4 is 23.3 Å². The Bertz CT molecular complexity index is 253. The van der Waals surface area contributed by atoms with Crippen LogP contribution >= 0.6 is 12.2 Å². The van der Waals surface area contributed by atoms with E-state index >= 15 is 0 Å². The Hall–Kier alpha value is -0.290. The third-order valence-corrected chi connectivity index (χ3v) is 2.24. The van der Waals surface area contributed by atoms with Crippen LogP contribution in [0.5, 0.6) is 0 Å². The van der Waals surface area contributed by atoms with E-state index in [1.54, 1.807) is 0 Å². The lowest BCUT2D eigenvalue weighted by atomic mass is 10.3. The van der Waals surface area contributed by atoms with Gasteiger partial charge in [0, 0.05) is 0 Å². The van der Waals surface area contributed by atoms with Gasteiger partial charge in [-0.2, -0.15) is 0 Å². The van der Waals surface area contributed by atoms with Gasteiger partial charge in [-0.25, -0.2) is 4.99 Å². The molecule has 0 spiro atoms. The predicted octanol–water partition coefficient (Wildman–Crippen LogP) is -1.88. The number of ether oxygens (including phenoxy) is 1. The fourth-order valence-electron chi connectivity index (χ4n) is 1.11. The second-order valence-electron chi connectivity index (χ2n) is 3.91. The summed E-state index contributed by atoms with van der Waals surface area (Å²) in [6.45, 7) is 4.52. The summed E-state index contributed by atoms with van der Waals surface area (Å²) >= 11 is 4.48. The molecule has 0 radical (unpaired) electrons. The summed E-state index contributed by atoms with van der Waals surface area (Å²) in [4.78, 5) is 15.0. The van der Waals surface area contributed by atoms with Crippen LogP contribution in [0.2, 0.25) is 0 Å². The molecular formula is C10H19BrN2O2S. The van der Waals surface area contributed by atoms with E-state index in [1.807, 2.05) is 6.92 Å². The zero-order valence-electron chi connectivity index (χ0n) is 10.0. The quantitative estimate of drug-likeness (QED) is 0.239. The van der Waals surface area contributed by atoms with E-state index in [2.05, 4.69) is 36.5 Å². The van der Waals surface area contributed by atoms with Gasteiger partial charge < -0.3 is 26.2 Å². The van der Waals surface area contributed by atoms with E-state index in [0.717, 1.165) is 17.6 Å². The Morgan fingerprint density at radius 1 is 1.44 bits per heavy atom. The average Bonchev–Trinajstić information content (AvgIpc) is 2.16. The Kier molecular flexibility index (Phi) is 11.2. The summed E-state index contributed by atoms with van der Waals surface area (Å²) < 4.78 is 5.60. The summed E-state index contributed by atoms with van der Waals surface area (Å²) in [5.74, 6) is -0.137. The SMILES string of the molecule is CCOC(=O)CC[N+](C)(C)CCN=C=S.[Br-]. The number of esters is 1. The summed E-state index contributed by atoms with van der Waals surface area (Å²) in [7, 11) is 4.11. The maximum absolute atomic E-state index is 11.1. The Morgan fingerprint density at radius 2 is 2.06 bits per heavy atom. The molecule has 0 aromatic rings. The second-order valence-corrected chi connectivity index (χ2v) is 4.09. The number of aliphatic imine (C=N–C) groups is 1. The number of hydrogen-bond donors (Lipinski definition) is 0. The highest BCUT2D eigenvalue weighted by molar-refractivity contribution is 7.78. The Labute approximate surface area is 113 Å². The lowest BCUT2D eigenvalue weighted by Gasteiger charge is -2.28. The van der Waals surface area contributed by atoms with Crippen molar-refractivity contribution < 1.29 is 31.0 Å². The van der Waals surface area contributed by atoms with Crippen LogP contribution < -0.4 is 17.0 Å². The van der Waals surface area contributed by atoms with E-state index in [4.69, 9.17) is 4.74 Å². The number of halogens is 1. The summed E-state index contributed by atoms with van der Waals surface area (Å²) in [6, 6.07) is 0. The minimum Gasteiger partial charge on any atom is -1.00 e. The van der Waals surface area contributed by atoms with Crippen LogP contribution in [0.25, 0.3) is 0 Å². The van der Waals surface area contributed by atoms with Gasteiger partial charge in [0.1, 0.15) is 0 Å². The van der Waals surface area contributed by atoms with E-state index in [0.29, 0.717) is 19.6 Å². The molecule has 4 nitrogen and oxygen atoms in total. The molecule has 16 heavy (non-hydrogen) atoms. The van der Waals surface area contributed by atoms with Crippen molar-refractivity contribution in [3.05, 3.63) is 0 Å². The smallest absolute Gasteiger partial charge is 0.311 e. The molecule has 0 N–H and O–H groups in total. The van der Waals surface area contributed by atoms with Crippen LogP contribution in [0.15, 0.2) is 4.99 Å². The molecule has 0 atom stereocenters. The minimum absolute atomic E-state index is 0. The van der Waals surface area contributed by atoms with Gasteiger partial charge in [-0.05, 0) is 19.1 Å². The molecule has 0 bridgehead atoms. The molecular weight excluding hydrogens is 292 g/mol. The summed E-state index contributed by atoms with van der Waals surface area (Å²) in [5, 5.41) is 2.33. The number of nitrogens with zero attached hydrogens (tertiary/aromatic N) is 2. The molecule has 94 valence electrons. The second kappa shape index (κ2) is 9.90. The van der Waals surface area contributed by atoms with Crippen molar-refractivity contribution in [3.8, 4) is 0 Å². The highest BCUT2D eigenvalue weighted by Gasteiger charge is 2.16. The van der Waals surface area contributed by atoms with Crippen molar-refractivity contribution in [3.63, 3.8) is 0 Å². The molecule has 0 rings (SSSR count). The molecule has 0 aliphatic heterocycles. The van der Waals surface area contributed by atoms with Crippen LogP contribution in [0.4, 0.5) is 0 Å². The van der Waals surface area contributed by atoms with Crippen molar-refractivity contribution in [1.82, 2.24) is 0 Å². The van der Waals surface area contributed by atoms with Crippen LogP contribution in [0, 0.1) is 0 Å². The molecule has 0 heterocycles. The first-order valence-corrected chi connectivity index (χ1v) is 5.44. The van der Waals surface area contributed by atoms with Gasteiger partial charge in [-0.15, -0.1) is 0 Å². The lowest BCUT2D eigenvalue weighted by Crippen LogP contribution is -3.00. The van der Waals surface area contributed by atoms with Crippen molar-refractivity contribution in [2.45, 2.75) is 13.3 Å². The van der Waals surface area contributed by atoms with Gasteiger partial charge in [0.15, 0.2) is 0 Å². The Balaban J connectivity index is 0. The topological polar surface area (TPSA) is 38.7 Å². The number of hydrogen-bond acceptors (Lipinski definition) is 4. The molecule has 0 aliphatic rings. The highest BCUT2D eigenvalue weighted by Crippen LogP contribution is 2.00. The fraction of sp³-hybridized carbons (Fsp3) is 0.800. The van der Waals surface area contributed by atoms with Crippen molar-refractivity contribution in [1.29, 1.82) is 0 Å². The largest absolute Gasteiger partial charge is 1.00 e. The maximum atomic E-state index is 11.1. The first-order chi connectivity index (χ1) is 7.02. The monoisotopic (exact) mass is 310 g/mol. The first kappa shape index (κ1) is 18.1. The zero-order valence-corrected chi connectivity index (χ0v) is 12.4. The molecule has 0 aromatic heterocycles. The molecule has 6 heteroatoms. The molecule has 0 aliphatic carbocycles. The number of rotatable bonds is 7. The van der Waals surface area contributed by atoms with Gasteiger partial charge in [0.25, 0.3) is 0 Å². The summed E-state index contributed by atoms with van der Waals surface area (Å²) in [5.41, 5.74) is 0. The zero-order chi connectivity index (χ0) is 11.7. The fourth-order valence-corrected chi connectivity index (χ4v) is 1.20. The van der Waals surface area contributed by atoms with Gasteiger partial charge in [0.05, 0.1) is 51.9 Å². The molecule has 0 aromatic carbocycles.